The number of hydrogen-bond donors (Lipinski definition) is 2. The predicted octanol–water partition coefficient (Wildman–Crippen LogP) is 3.63. The summed E-state index contributed by atoms with van der Waals surface area (Å²) in [6.45, 7) is 1.48. The Morgan fingerprint density at radius 3 is 2.56 bits per heavy atom. The highest BCUT2D eigenvalue weighted by Gasteiger charge is 2.30. The Balaban J connectivity index is 2.66. The lowest BCUT2D eigenvalue weighted by Crippen LogP contribution is -2.24. The van der Waals surface area contributed by atoms with Gasteiger partial charge >= 0.3 is 6.18 Å². The molecule has 1 rings (SSSR count). The molecule has 1 atom stereocenters. The molecule has 1 aromatic rings. The van der Waals surface area contributed by atoms with Crippen molar-refractivity contribution in [2.75, 3.05) is 11.1 Å². The first-order valence-corrected chi connectivity index (χ1v) is 5.74. The molecule has 0 aromatic heterocycles. The lowest BCUT2D eigenvalue weighted by Gasteiger charge is -2.18. The van der Waals surface area contributed by atoms with Gasteiger partial charge in [0.1, 0.15) is 0 Å². The lowest BCUT2D eigenvalue weighted by atomic mass is 10.2. The topological polar surface area (TPSA) is 38.0 Å². The Morgan fingerprint density at radius 2 is 2.06 bits per heavy atom. The molecule has 0 aliphatic carbocycles. The van der Waals surface area contributed by atoms with Gasteiger partial charge in [-0.15, -0.1) is 0 Å². The van der Waals surface area contributed by atoms with Gasteiger partial charge in [0.25, 0.3) is 0 Å². The summed E-state index contributed by atoms with van der Waals surface area (Å²) in [5.74, 6) is 0. The minimum Gasteiger partial charge on any atom is -0.397 e. The van der Waals surface area contributed by atoms with E-state index in [0.717, 1.165) is 3.57 Å². The van der Waals surface area contributed by atoms with Gasteiger partial charge in [-0.3, -0.25) is 0 Å². The van der Waals surface area contributed by atoms with Gasteiger partial charge in [0.2, 0.25) is 0 Å². The number of halogens is 4. The molecule has 3 N–H and O–H groups in total. The van der Waals surface area contributed by atoms with Gasteiger partial charge in [0, 0.05) is 9.61 Å². The van der Waals surface area contributed by atoms with Gasteiger partial charge in [-0.05, 0) is 47.7 Å². The third-order valence-corrected chi connectivity index (χ3v) is 2.62. The van der Waals surface area contributed by atoms with Crippen molar-refractivity contribution in [2.45, 2.75) is 25.6 Å². The minimum absolute atomic E-state index is 0.459. The maximum absolute atomic E-state index is 12.1. The van der Waals surface area contributed by atoms with Crippen molar-refractivity contribution in [1.82, 2.24) is 0 Å². The normalized spacial score (nSPS) is 13.6. The smallest absolute Gasteiger partial charge is 0.391 e. The molecular formula is C10H12F3IN2. The first-order valence-electron chi connectivity index (χ1n) is 4.66. The number of hydrogen-bond acceptors (Lipinski definition) is 2. The Morgan fingerprint density at radius 1 is 1.44 bits per heavy atom. The third-order valence-electron chi connectivity index (χ3n) is 1.95. The number of rotatable bonds is 3. The van der Waals surface area contributed by atoms with Crippen LogP contribution in [-0.2, 0) is 0 Å². The van der Waals surface area contributed by atoms with Gasteiger partial charge in [-0.25, -0.2) is 0 Å². The van der Waals surface area contributed by atoms with E-state index < -0.39 is 18.6 Å². The highest BCUT2D eigenvalue weighted by molar-refractivity contribution is 14.1. The summed E-state index contributed by atoms with van der Waals surface area (Å²) >= 11 is 2.09. The fourth-order valence-corrected chi connectivity index (χ4v) is 1.84. The van der Waals surface area contributed by atoms with Crippen LogP contribution < -0.4 is 11.1 Å². The molecule has 0 aliphatic rings. The predicted molar refractivity (Wildman–Crippen MR) is 67.3 cm³/mol. The van der Waals surface area contributed by atoms with Gasteiger partial charge in [0.15, 0.2) is 0 Å². The maximum atomic E-state index is 12.1. The summed E-state index contributed by atoms with van der Waals surface area (Å²) < 4.78 is 37.3. The van der Waals surface area contributed by atoms with Crippen molar-refractivity contribution in [3.63, 3.8) is 0 Å². The zero-order chi connectivity index (χ0) is 12.3. The summed E-state index contributed by atoms with van der Waals surface area (Å²) in [5, 5.41) is 2.75. The monoisotopic (exact) mass is 344 g/mol. The summed E-state index contributed by atoms with van der Waals surface area (Å²) in [7, 11) is 0. The van der Waals surface area contributed by atoms with E-state index in [0.29, 0.717) is 11.4 Å². The van der Waals surface area contributed by atoms with Crippen molar-refractivity contribution >= 4 is 34.0 Å². The van der Waals surface area contributed by atoms with E-state index in [2.05, 4.69) is 27.9 Å². The summed E-state index contributed by atoms with van der Waals surface area (Å²) in [4.78, 5) is 0. The second-order valence-electron chi connectivity index (χ2n) is 3.60. The lowest BCUT2D eigenvalue weighted by molar-refractivity contribution is -0.136. The van der Waals surface area contributed by atoms with Crippen LogP contribution in [0.1, 0.15) is 13.3 Å². The number of anilines is 2. The Bertz CT molecular complexity index is 366. The van der Waals surface area contributed by atoms with Crippen LogP contribution in [0.4, 0.5) is 24.5 Å². The Labute approximate surface area is 106 Å². The maximum Gasteiger partial charge on any atom is 0.391 e. The minimum atomic E-state index is -4.16. The van der Waals surface area contributed by atoms with Crippen molar-refractivity contribution in [2.24, 2.45) is 0 Å². The summed E-state index contributed by atoms with van der Waals surface area (Å²) in [6.07, 6.45) is -5.04. The first kappa shape index (κ1) is 13.4. The highest BCUT2D eigenvalue weighted by Crippen LogP contribution is 2.26. The van der Waals surface area contributed by atoms with Crippen molar-refractivity contribution in [1.29, 1.82) is 0 Å². The van der Waals surface area contributed by atoms with Crippen LogP contribution >= 0.6 is 22.6 Å². The molecule has 0 saturated heterocycles. The van der Waals surface area contributed by atoms with Crippen LogP contribution in [-0.4, -0.2) is 12.2 Å². The van der Waals surface area contributed by atoms with Crippen LogP contribution in [0.3, 0.4) is 0 Å². The molecule has 0 heterocycles. The SMILES string of the molecule is CC(CC(F)(F)F)Nc1ccc(I)cc1N. The zero-order valence-electron chi connectivity index (χ0n) is 8.61. The number of nitrogens with two attached hydrogens (primary N) is 1. The van der Waals surface area contributed by atoms with Crippen LogP contribution in [0.5, 0.6) is 0 Å². The quantitative estimate of drug-likeness (QED) is 0.649. The number of nitrogen functional groups attached to an aromatic ring is 1. The number of benzene rings is 1. The molecule has 0 spiro atoms. The average molecular weight is 344 g/mol. The van der Waals surface area contributed by atoms with Crippen LogP contribution in [0.2, 0.25) is 0 Å². The first-order chi connectivity index (χ1) is 7.28. The molecule has 1 aromatic carbocycles. The molecule has 0 amide bonds. The van der Waals surface area contributed by atoms with Crippen molar-refractivity contribution in [3.8, 4) is 0 Å². The van der Waals surface area contributed by atoms with Crippen molar-refractivity contribution in [3.05, 3.63) is 21.8 Å². The van der Waals surface area contributed by atoms with Gasteiger partial charge in [-0.2, -0.15) is 13.2 Å². The van der Waals surface area contributed by atoms with Crippen LogP contribution in [0, 0.1) is 3.57 Å². The van der Waals surface area contributed by atoms with E-state index in [1.807, 2.05) is 0 Å². The van der Waals surface area contributed by atoms with Gasteiger partial charge < -0.3 is 11.1 Å². The molecule has 90 valence electrons. The third kappa shape index (κ3) is 4.46. The fraction of sp³-hybridized carbons (Fsp3) is 0.400. The van der Waals surface area contributed by atoms with E-state index in [4.69, 9.17) is 5.73 Å². The molecule has 0 bridgehead atoms. The molecule has 0 saturated carbocycles. The largest absolute Gasteiger partial charge is 0.397 e. The number of nitrogens with one attached hydrogen (secondary N) is 1. The van der Waals surface area contributed by atoms with Gasteiger partial charge in [-0.1, -0.05) is 0 Å². The molecular weight excluding hydrogens is 332 g/mol. The van der Waals surface area contributed by atoms with E-state index in [1.54, 1.807) is 18.2 Å². The van der Waals surface area contributed by atoms with E-state index in [1.165, 1.54) is 6.92 Å². The average Bonchev–Trinajstić information content (AvgIpc) is 2.06. The fourth-order valence-electron chi connectivity index (χ4n) is 1.33. The van der Waals surface area contributed by atoms with E-state index in [9.17, 15) is 13.2 Å². The number of alkyl halides is 3. The van der Waals surface area contributed by atoms with Crippen LogP contribution in [0.25, 0.3) is 0 Å². The molecule has 16 heavy (non-hydrogen) atoms. The van der Waals surface area contributed by atoms with Crippen molar-refractivity contribution < 1.29 is 13.2 Å². The molecule has 2 nitrogen and oxygen atoms in total. The standard InChI is InChI=1S/C10H12F3IN2/c1-6(5-10(11,12)13)16-9-3-2-7(14)4-8(9)15/h2-4,6,16H,5,15H2,1H3. The van der Waals surface area contributed by atoms with Gasteiger partial charge in [0.05, 0.1) is 17.8 Å². The van der Waals surface area contributed by atoms with Crippen LogP contribution in [0.15, 0.2) is 18.2 Å². The molecule has 6 heteroatoms. The molecule has 0 fully saturated rings. The summed E-state index contributed by atoms with van der Waals surface area (Å²) in [6, 6.07) is 4.49. The zero-order valence-corrected chi connectivity index (χ0v) is 10.8. The highest BCUT2D eigenvalue weighted by atomic mass is 127. The second kappa shape index (κ2) is 5.11. The molecule has 0 aliphatic heterocycles. The molecule has 1 unspecified atom stereocenters. The van der Waals surface area contributed by atoms with E-state index >= 15 is 0 Å². The summed E-state index contributed by atoms with van der Waals surface area (Å²) in [5.41, 5.74) is 6.68. The molecule has 0 radical (unpaired) electrons. The van der Waals surface area contributed by atoms with E-state index in [-0.39, 0.29) is 0 Å². The Kier molecular flexibility index (Phi) is 4.28. The Hall–Kier alpha value is -0.660. The second-order valence-corrected chi connectivity index (χ2v) is 4.84.